The predicted octanol–water partition coefficient (Wildman–Crippen LogP) is 3.19. The number of carbonyl (C=O) groups is 1. The van der Waals surface area contributed by atoms with Gasteiger partial charge in [0.15, 0.2) is 5.76 Å². The Kier molecular flexibility index (Phi) is 4.92. The van der Waals surface area contributed by atoms with Crippen molar-refractivity contribution in [1.29, 1.82) is 0 Å². The normalized spacial score (nSPS) is 17.4. The molecule has 0 saturated carbocycles. The lowest BCUT2D eigenvalue weighted by Gasteiger charge is -2.30. The van der Waals surface area contributed by atoms with Gasteiger partial charge in [-0.25, -0.2) is 0 Å². The molecule has 0 saturated heterocycles. The van der Waals surface area contributed by atoms with Crippen molar-refractivity contribution in [2.24, 2.45) is 0 Å². The van der Waals surface area contributed by atoms with Crippen LogP contribution in [-0.2, 0) is 11.3 Å². The van der Waals surface area contributed by atoms with Crippen LogP contribution in [0.25, 0.3) is 6.08 Å². The van der Waals surface area contributed by atoms with E-state index < -0.39 is 0 Å². The van der Waals surface area contributed by atoms with Crippen LogP contribution in [0.15, 0.2) is 36.4 Å². The molecule has 2 aliphatic rings. The molecule has 6 nitrogen and oxygen atoms in total. The van der Waals surface area contributed by atoms with Crippen molar-refractivity contribution in [1.82, 2.24) is 9.88 Å². The van der Waals surface area contributed by atoms with Crippen LogP contribution in [0, 0.1) is 6.92 Å². The molecule has 27 heavy (non-hydrogen) atoms. The molecular weight excluding hydrogens is 344 g/mol. The second-order valence-electron chi connectivity index (χ2n) is 6.77. The summed E-state index contributed by atoms with van der Waals surface area (Å²) in [4.78, 5) is 19.1. The molecule has 6 heteroatoms. The summed E-state index contributed by atoms with van der Waals surface area (Å²) in [5.41, 5.74) is 3.33. The lowest BCUT2D eigenvalue weighted by molar-refractivity contribution is 0.0822. The highest BCUT2D eigenvalue weighted by Gasteiger charge is 2.35. The number of Topliss-reactive ketones (excluding diaryl/α,β-unsaturated/α-hetero) is 1. The minimum Gasteiger partial charge on any atom is -0.478 e. The van der Waals surface area contributed by atoms with Crippen LogP contribution in [0.5, 0.6) is 11.5 Å². The number of hydrogen-bond donors (Lipinski definition) is 0. The Hall–Kier alpha value is -2.70. The van der Waals surface area contributed by atoms with Gasteiger partial charge in [0.2, 0.25) is 5.78 Å². The number of nitrogens with zero attached hydrogens (tertiary/aromatic N) is 2. The fourth-order valence-corrected chi connectivity index (χ4v) is 3.46. The lowest BCUT2D eigenvalue weighted by Crippen LogP contribution is -2.33. The third-order valence-electron chi connectivity index (χ3n) is 4.81. The molecular formula is C21H22N2O4. The summed E-state index contributed by atoms with van der Waals surface area (Å²) in [6.07, 6.45) is 6.07. The van der Waals surface area contributed by atoms with E-state index in [1.165, 1.54) is 0 Å². The summed E-state index contributed by atoms with van der Waals surface area (Å²) in [6, 6.07) is 5.63. The van der Waals surface area contributed by atoms with Gasteiger partial charge in [-0.2, -0.15) is 0 Å². The van der Waals surface area contributed by atoms with Gasteiger partial charge in [-0.15, -0.1) is 0 Å². The van der Waals surface area contributed by atoms with Crippen molar-refractivity contribution in [2.75, 3.05) is 27.0 Å². The predicted molar refractivity (Wildman–Crippen MR) is 101 cm³/mol. The molecule has 0 amide bonds. The number of methoxy groups -OCH3 is 1. The summed E-state index contributed by atoms with van der Waals surface area (Å²) in [6.45, 7) is 4.72. The van der Waals surface area contributed by atoms with Crippen LogP contribution in [0.3, 0.4) is 0 Å². The molecule has 4 rings (SSSR count). The summed E-state index contributed by atoms with van der Waals surface area (Å²) < 4.78 is 17.1. The van der Waals surface area contributed by atoms with E-state index in [1.54, 1.807) is 25.6 Å². The highest BCUT2D eigenvalue weighted by atomic mass is 16.5. The zero-order chi connectivity index (χ0) is 18.8. The van der Waals surface area contributed by atoms with Gasteiger partial charge in [0, 0.05) is 39.2 Å². The topological polar surface area (TPSA) is 60.9 Å². The molecule has 0 fully saturated rings. The first-order valence-electron chi connectivity index (χ1n) is 9.02. The van der Waals surface area contributed by atoms with Gasteiger partial charge < -0.3 is 14.2 Å². The van der Waals surface area contributed by atoms with Gasteiger partial charge in [0.1, 0.15) is 18.2 Å². The third kappa shape index (κ3) is 3.46. The number of rotatable bonds is 5. The number of aryl methyl sites for hydroxylation is 1. The number of benzene rings is 1. The smallest absolute Gasteiger partial charge is 0.232 e. The van der Waals surface area contributed by atoms with E-state index in [0.29, 0.717) is 37.0 Å². The number of allylic oxidation sites excluding steroid dienone is 1. The molecule has 0 bridgehead atoms. The molecule has 3 heterocycles. The second-order valence-corrected chi connectivity index (χ2v) is 6.77. The molecule has 1 aromatic carbocycles. The van der Waals surface area contributed by atoms with Crippen LogP contribution < -0.4 is 9.47 Å². The van der Waals surface area contributed by atoms with E-state index in [0.717, 1.165) is 35.4 Å². The maximum absolute atomic E-state index is 12.9. The largest absolute Gasteiger partial charge is 0.478 e. The first kappa shape index (κ1) is 17.7. The zero-order valence-corrected chi connectivity index (χ0v) is 15.5. The van der Waals surface area contributed by atoms with Gasteiger partial charge in [-0.3, -0.25) is 14.7 Å². The SMILES string of the molecule is COCCCN1COc2cc(C)c3c(c2C1)O/C(=C\c1ccncc1)C3=O. The van der Waals surface area contributed by atoms with Gasteiger partial charge in [0.05, 0.1) is 11.1 Å². The molecule has 1 aromatic heterocycles. The molecule has 0 atom stereocenters. The molecule has 0 aliphatic carbocycles. The van der Waals surface area contributed by atoms with Crippen molar-refractivity contribution >= 4 is 11.9 Å². The van der Waals surface area contributed by atoms with Crippen LogP contribution in [0.1, 0.15) is 33.5 Å². The van der Waals surface area contributed by atoms with Crippen molar-refractivity contribution in [3.8, 4) is 11.5 Å². The van der Waals surface area contributed by atoms with Crippen molar-refractivity contribution in [3.63, 3.8) is 0 Å². The monoisotopic (exact) mass is 366 g/mol. The Labute approximate surface area is 158 Å². The van der Waals surface area contributed by atoms with E-state index in [1.807, 2.05) is 25.1 Å². The van der Waals surface area contributed by atoms with Crippen LogP contribution >= 0.6 is 0 Å². The summed E-state index contributed by atoms with van der Waals surface area (Å²) >= 11 is 0. The number of pyridine rings is 1. The maximum Gasteiger partial charge on any atom is 0.232 e. The summed E-state index contributed by atoms with van der Waals surface area (Å²) in [5, 5.41) is 0. The Morgan fingerprint density at radius 2 is 2.15 bits per heavy atom. The van der Waals surface area contributed by atoms with E-state index in [-0.39, 0.29) is 5.78 Å². The van der Waals surface area contributed by atoms with E-state index >= 15 is 0 Å². The number of carbonyl (C=O) groups excluding carboxylic acids is 1. The number of aromatic nitrogens is 1. The number of ketones is 1. The van der Waals surface area contributed by atoms with Crippen LogP contribution in [-0.4, -0.2) is 42.7 Å². The highest BCUT2D eigenvalue weighted by Crippen LogP contribution is 2.43. The van der Waals surface area contributed by atoms with Gasteiger partial charge in [-0.1, -0.05) is 0 Å². The molecule has 2 aromatic rings. The maximum atomic E-state index is 12.9. The third-order valence-corrected chi connectivity index (χ3v) is 4.81. The molecule has 0 N–H and O–H groups in total. The van der Waals surface area contributed by atoms with Crippen LogP contribution in [0.4, 0.5) is 0 Å². The number of ether oxygens (including phenoxy) is 3. The van der Waals surface area contributed by atoms with Gasteiger partial charge >= 0.3 is 0 Å². The zero-order valence-electron chi connectivity index (χ0n) is 15.5. The van der Waals surface area contributed by atoms with Crippen LogP contribution in [0.2, 0.25) is 0 Å². The number of hydrogen-bond acceptors (Lipinski definition) is 6. The Morgan fingerprint density at radius 1 is 1.33 bits per heavy atom. The first-order chi connectivity index (χ1) is 13.2. The van der Waals surface area contributed by atoms with Crippen molar-refractivity contribution in [2.45, 2.75) is 19.9 Å². The number of fused-ring (bicyclic) bond motifs is 3. The molecule has 0 spiro atoms. The summed E-state index contributed by atoms with van der Waals surface area (Å²) in [5.74, 6) is 1.68. The fraction of sp³-hybridized carbons (Fsp3) is 0.333. The Balaban J connectivity index is 1.64. The lowest BCUT2D eigenvalue weighted by atomic mass is 9.98. The van der Waals surface area contributed by atoms with E-state index in [4.69, 9.17) is 14.2 Å². The molecule has 140 valence electrons. The van der Waals surface area contributed by atoms with E-state index in [2.05, 4.69) is 9.88 Å². The fourth-order valence-electron chi connectivity index (χ4n) is 3.46. The summed E-state index contributed by atoms with van der Waals surface area (Å²) in [7, 11) is 1.70. The Bertz CT molecular complexity index is 893. The quantitative estimate of drug-likeness (QED) is 0.598. The van der Waals surface area contributed by atoms with Crippen molar-refractivity contribution < 1.29 is 19.0 Å². The highest BCUT2D eigenvalue weighted by molar-refractivity contribution is 6.15. The first-order valence-corrected chi connectivity index (χ1v) is 9.02. The average Bonchev–Trinajstić information content (AvgIpc) is 3.00. The Morgan fingerprint density at radius 3 is 2.93 bits per heavy atom. The molecule has 0 unspecified atom stereocenters. The molecule has 0 radical (unpaired) electrons. The van der Waals surface area contributed by atoms with Gasteiger partial charge in [0.25, 0.3) is 0 Å². The van der Waals surface area contributed by atoms with E-state index in [9.17, 15) is 4.79 Å². The average molecular weight is 366 g/mol. The minimum atomic E-state index is -0.0846. The minimum absolute atomic E-state index is 0.0846. The molecule has 2 aliphatic heterocycles. The van der Waals surface area contributed by atoms with Gasteiger partial charge in [-0.05, 0) is 48.7 Å². The van der Waals surface area contributed by atoms with Crippen molar-refractivity contribution in [3.05, 3.63) is 58.6 Å². The second kappa shape index (κ2) is 7.50. The standard InChI is InChI=1S/C21H22N2O4/c1-14-10-17-16(12-23(13-26-17)8-3-9-25-2)21-19(14)20(24)18(27-21)11-15-4-6-22-7-5-15/h4-7,10-11H,3,8-9,12-13H2,1-2H3/b18-11-.